The Bertz CT molecular complexity index is 307. The number of nitrogens with one attached hydrogen (secondary N) is 1. The molecule has 0 saturated heterocycles. The Kier molecular flexibility index (Phi) is 5.65. The van der Waals surface area contributed by atoms with Crippen LogP contribution in [0.1, 0.15) is 13.3 Å². The highest BCUT2D eigenvalue weighted by Gasteiger charge is 2.00. The third-order valence-electron chi connectivity index (χ3n) is 1.91. The number of halogens is 2. The van der Waals surface area contributed by atoms with Crippen LogP contribution in [0.25, 0.3) is 0 Å². The first-order valence-electron chi connectivity index (χ1n) is 5.00. The zero-order chi connectivity index (χ0) is 11.1. The molecule has 1 N–H and O–H groups in total. The second-order valence-electron chi connectivity index (χ2n) is 3.10. The fourth-order valence-electron chi connectivity index (χ4n) is 1.17. The minimum atomic E-state index is -0.231. The largest absolute Gasteiger partial charge is 0.384 e. The van der Waals surface area contributed by atoms with Gasteiger partial charge in [-0.2, -0.15) is 0 Å². The summed E-state index contributed by atoms with van der Waals surface area (Å²) >= 11 is 3.35. The van der Waals surface area contributed by atoms with Gasteiger partial charge in [-0.3, -0.25) is 0 Å². The van der Waals surface area contributed by atoms with E-state index in [0.717, 1.165) is 36.3 Å². The van der Waals surface area contributed by atoms with Crippen molar-refractivity contribution in [1.29, 1.82) is 0 Å². The van der Waals surface area contributed by atoms with Crippen molar-refractivity contribution in [3.05, 3.63) is 28.5 Å². The molecule has 0 aromatic heterocycles. The van der Waals surface area contributed by atoms with E-state index >= 15 is 0 Å². The predicted molar refractivity (Wildman–Crippen MR) is 63.7 cm³/mol. The number of hydrogen-bond donors (Lipinski definition) is 1. The minimum absolute atomic E-state index is 0.231. The van der Waals surface area contributed by atoms with Gasteiger partial charge in [-0.1, -0.05) is 0 Å². The molecule has 15 heavy (non-hydrogen) atoms. The summed E-state index contributed by atoms with van der Waals surface area (Å²) in [7, 11) is 0. The maximum absolute atomic E-state index is 12.9. The van der Waals surface area contributed by atoms with Crippen LogP contribution in [0, 0.1) is 5.82 Å². The lowest BCUT2D eigenvalue weighted by Gasteiger charge is -2.08. The smallest absolute Gasteiger partial charge is 0.125 e. The number of ether oxygens (including phenoxy) is 1. The molecular formula is C11H15BrFNO. The maximum atomic E-state index is 12.9. The Morgan fingerprint density at radius 3 is 3.00 bits per heavy atom. The van der Waals surface area contributed by atoms with Crippen LogP contribution < -0.4 is 5.32 Å². The molecule has 0 aliphatic carbocycles. The van der Waals surface area contributed by atoms with E-state index in [-0.39, 0.29) is 5.82 Å². The summed E-state index contributed by atoms with van der Waals surface area (Å²) in [4.78, 5) is 0. The molecule has 84 valence electrons. The van der Waals surface area contributed by atoms with Crippen LogP contribution >= 0.6 is 15.9 Å². The molecule has 0 fully saturated rings. The molecule has 0 radical (unpaired) electrons. The normalized spacial score (nSPS) is 10.3. The highest BCUT2D eigenvalue weighted by Crippen LogP contribution is 2.22. The summed E-state index contributed by atoms with van der Waals surface area (Å²) in [5.41, 5.74) is 0.784. The molecule has 2 nitrogen and oxygen atoms in total. The van der Waals surface area contributed by atoms with Crippen LogP contribution in [-0.4, -0.2) is 19.8 Å². The van der Waals surface area contributed by atoms with Gasteiger partial charge in [-0.25, -0.2) is 4.39 Å². The zero-order valence-corrected chi connectivity index (χ0v) is 10.3. The van der Waals surface area contributed by atoms with E-state index < -0.39 is 0 Å². The Morgan fingerprint density at radius 2 is 2.27 bits per heavy atom. The molecule has 0 unspecified atom stereocenters. The third-order valence-corrected chi connectivity index (χ3v) is 2.60. The number of hydrogen-bond acceptors (Lipinski definition) is 2. The molecule has 1 aromatic rings. The highest BCUT2D eigenvalue weighted by molar-refractivity contribution is 9.10. The van der Waals surface area contributed by atoms with Crippen LogP contribution in [-0.2, 0) is 4.74 Å². The molecule has 0 heterocycles. The quantitative estimate of drug-likeness (QED) is 0.804. The summed E-state index contributed by atoms with van der Waals surface area (Å²) in [6.07, 6.45) is 0.913. The Morgan fingerprint density at radius 1 is 1.47 bits per heavy atom. The molecular weight excluding hydrogens is 261 g/mol. The van der Waals surface area contributed by atoms with Gasteiger partial charge in [0.25, 0.3) is 0 Å². The van der Waals surface area contributed by atoms with Crippen molar-refractivity contribution < 1.29 is 9.13 Å². The summed E-state index contributed by atoms with van der Waals surface area (Å²) in [6, 6.07) is 4.60. The third kappa shape index (κ3) is 4.62. The molecule has 0 aliphatic heterocycles. The average Bonchev–Trinajstić information content (AvgIpc) is 2.23. The van der Waals surface area contributed by atoms with Gasteiger partial charge in [-0.05, 0) is 47.5 Å². The van der Waals surface area contributed by atoms with Gasteiger partial charge in [0.1, 0.15) is 5.82 Å². The van der Waals surface area contributed by atoms with Gasteiger partial charge in [0, 0.05) is 24.2 Å². The van der Waals surface area contributed by atoms with E-state index in [1.54, 1.807) is 6.07 Å². The first-order valence-corrected chi connectivity index (χ1v) is 5.80. The minimum Gasteiger partial charge on any atom is -0.384 e. The Hall–Kier alpha value is -0.610. The van der Waals surface area contributed by atoms with Crippen LogP contribution in [0.4, 0.5) is 10.1 Å². The fraction of sp³-hybridized carbons (Fsp3) is 0.455. The van der Waals surface area contributed by atoms with E-state index in [2.05, 4.69) is 21.2 Å². The second-order valence-corrected chi connectivity index (χ2v) is 3.96. The summed E-state index contributed by atoms with van der Waals surface area (Å²) in [6.45, 7) is 4.22. The first kappa shape index (κ1) is 12.5. The highest BCUT2D eigenvalue weighted by atomic mass is 79.9. The van der Waals surface area contributed by atoms with Crippen molar-refractivity contribution in [3.8, 4) is 0 Å². The van der Waals surface area contributed by atoms with Gasteiger partial charge >= 0.3 is 0 Å². The van der Waals surface area contributed by atoms with Gasteiger partial charge in [-0.15, -0.1) is 0 Å². The molecule has 4 heteroatoms. The zero-order valence-electron chi connectivity index (χ0n) is 8.72. The van der Waals surface area contributed by atoms with Gasteiger partial charge in [0.05, 0.1) is 5.69 Å². The van der Waals surface area contributed by atoms with Crippen LogP contribution in [0.5, 0.6) is 0 Å². The lowest BCUT2D eigenvalue weighted by atomic mass is 10.3. The summed E-state index contributed by atoms with van der Waals surface area (Å²) in [5, 5.41) is 3.15. The first-order chi connectivity index (χ1) is 7.24. The Balaban J connectivity index is 2.33. The monoisotopic (exact) mass is 275 g/mol. The molecule has 0 amide bonds. The molecule has 1 aromatic carbocycles. The molecule has 0 saturated carbocycles. The van der Waals surface area contributed by atoms with Gasteiger partial charge in [0.2, 0.25) is 0 Å². The maximum Gasteiger partial charge on any atom is 0.125 e. The van der Waals surface area contributed by atoms with Crippen molar-refractivity contribution >= 4 is 21.6 Å². The molecule has 0 aliphatic rings. The standard InChI is InChI=1S/C11H15BrFNO/c1-2-15-7-3-6-14-11-8-9(13)4-5-10(11)12/h4-5,8,14H,2-3,6-7H2,1H3. The topological polar surface area (TPSA) is 21.3 Å². The summed E-state index contributed by atoms with van der Waals surface area (Å²) < 4.78 is 19.0. The average molecular weight is 276 g/mol. The molecule has 1 rings (SSSR count). The van der Waals surface area contributed by atoms with Crippen molar-refractivity contribution in [3.63, 3.8) is 0 Å². The number of anilines is 1. The Labute approximate surface area is 98.0 Å². The number of benzene rings is 1. The van der Waals surface area contributed by atoms with Crippen molar-refractivity contribution in [2.24, 2.45) is 0 Å². The predicted octanol–water partition coefficient (Wildman–Crippen LogP) is 3.43. The lowest BCUT2D eigenvalue weighted by molar-refractivity contribution is 0.147. The van der Waals surface area contributed by atoms with Crippen molar-refractivity contribution in [2.45, 2.75) is 13.3 Å². The van der Waals surface area contributed by atoms with Crippen LogP contribution in [0.2, 0.25) is 0 Å². The van der Waals surface area contributed by atoms with E-state index in [9.17, 15) is 4.39 Å². The second kappa shape index (κ2) is 6.80. The van der Waals surface area contributed by atoms with Crippen molar-refractivity contribution in [2.75, 3.05) is 25.1 Å². The number of rotatable bonds is 6. The van der Waals surface area contributed by atoms with Crippen LogP contribution in [0.15, 0.2) is 22.7 Å². The molecule has 0 spiro atoms. The van der Waals surface area contributed by atoms with E-state index in [1.807, 2.05) is 6.92 Å². The fourth-order valence-corrected chi connectivity index (χ4v) is 1.56. The van der Waals surface area contributed by atoms with E-state index in [1.165, 1.54) is 12.1 Å². The van der Waals surface area contributed by atoms with Gasteiger partial charge < -0.3 is 10.1 Å². The summed E-state index contributed by atoms with van der Waals surface area (Å²) in [5.74, 6) is -0.231. The molecule has 0 atom stereocenters. The lowest BCUT2D eigenvalue weighted by Crippen LogP contribution is -2.06. The van der Waals surface area contributed by atoms with Gasteiger partial charge in [0.15, 0.2) is 0 Å². The van der Waals surface area contributed by atoms with Crippen molar-refractivity contribution in [1.82, 2.24) is 0 Å². The SMILES string of the molecule is CCOCCCNc1cc(F)ccc1Br. The van der Waals surface area contributed by atoms with E-state index in [4.69, 9.17) is 4.74 Å². The molecule has 0 bridgehead atoms. The van der Waals surface area contributed by atoms with Crippen LogP contribution in [0.3, 0.4) is 0 Å². The van der Waals surface area contributed by atoms with E-state index in [0.29, 0.717) is 0 Å².